The smallest absolute Gasteiger partial charge is 0.416 e. The van der Waals surface area contributed by atoms with E-state index in [1.54, 1.807) is 6.26 Å². The number of benzene rings is 2. The van der Waals surface area contributed by atoms with Crippen molar-refractivity contribution in [3.63, 3.8) is 0 Å². The van der Waals surface area contributed by atoms with Gasteiger partial charge in [0.2, 0.25) is 0 Å². The first kappa shape index (κ1) is 23.7. The Morgan fingerprint density at radius 3 is 2.16 bits per heavy atom. The van der Waals surface area contributed by atoms with Crippen LogP contribution < -0.4 is 0 Å². The Bertz CT molecular complexity index is 950. The maximum Gasteiger partial charge on any atom is 0.416 e. The molecule has 9 heteroatoms. The molecule has 3 rings (SSSR count). The van der Waals surface area contributed by atoms with Gasteiger partial charge < -0.3 is 9.64 Å². The topological polar surface area (TPSA) is 29.5 Å². The van der Waals surface area contributed by atoms with Crippen molar-refractivity contribution in [3.8, 4) is 0 Å². The Hall–Kier alpha value is -2.97. The van der Waals surface area contributed by atoms with Crippen molar-refractivity contribution in [1.29, 1.82) is 0 Å². The van der Waals surface area contributed by atoms with Crippen LogP contribution >= 0.6 is 0 Å². The normalized spacial score (nSPS) is 18.7. The Kier molecular flexibility index (Phi) is 6.85. The summed E-state index contributed by atoms with van der Waals surface area (Å²) < 4.78 is 84.4. The minimum Gasteiger partial charge on any atom is -0.504 e. The lowest BCUT2D eigenvalue weighted by Crippen LogP contribution is -2.45. The van der Waals surface area contributed by atoms with E-state index in [2.05, 4.69) is 0 Å². The highest BCUT2D eigenvalue weighted by Crippen LogP contribution is 2.37. The molecule has 1 fully saturated rings. The van der Waals surface area contributed by atoms with Crippen LogP contribution in [-0.4, -0.2) is 30.5 Å². The third-order valence-electron chi connectivity index (χ3n) is 5.31. The fraction of sp³-hybridized carbons (Fsp3) is 0.348. The first-order valence-corrected chi connectivity index (χ1v) is 9.84. The fourth-order valence-electron chi connectivity index (χ4n) is 3.82. The fourth-order valence-corrected chi connectivity index (χ4v) is 3.82. The average Bonchev–Trinajstić information content (AvgIpc) is 2.73. The molecule has 32 heavy (non-hydrogen) atoms. The van der Waals surface area contributed by atoms with Crippen molar-refractivity contribution >= 4 is 5.91 Å². The van der Waals surface area contributed by atoms with Gasteiger partial charge in [0.25, 0.3) is 5.91 Å². The number of rotatable bonds is 4. The van der Waals surface area contributed by atoms with Crippen LogP contribution in [0.1, 0.15) is 39.9 Å². The molecular formula is C23H21F6NO2. The van der Waals surface area contributed by atoms with Gasteiger partial charge in [0.15, 0.2) is 0 Å². The monoisotopic (exact) mass is 457 g/mol. The van der Waals surface area contributed by atoms with Gasteiger partial charge in [0.05, 0.1) is 24.5 Å². The van der Waals surface area contributed by atoms with Gasteiger partial charge in [-0.1, -0.05) is 30.3 Å². The van der Waals surface area contributed by atoms with Crippen molar-refractivity contribution in [1.82, 2.24) is 4.90 Å². The minimum absolute atomic E-state index is 0.0217. The van der Waals surface area contributed by atoms with Gasteiger partial charge in [-0.2, -0.15) is 26.3 Å². The number of ether oxygens (including phenoxy) is 1. The SMILES string of the molecule is COC=C1CCN(C(=O)c2cc(C(F)(F)F)cc(C(F)(F)F)c2)C(Cc2ccccc2)C1. The summed E-state index contributed by atoms with van der Waals surface area (Å²) in [5.74, 6) is -0.862. The molecule has 2 aromatic rings. The number of methoxy groups -OCH3 is 1. The highest BCUT2D eigenvalue weighted by Gasteiger charge is 2.39. The highest BCUT2D eigenvalue weighted by atomic mass is 19.4. The molecule has 172 valence electrons. The van der Waals surface area contributed by atoms with Crippen LogP contribution in [0.3, 0.4) is 0 Å². The summed E-state index contributed by atoms with van der Waals surface area (Å²) in [7, 11) is 1.48. The number of carbonyl (C=O) groups excluding carboxylic acids is 1. The van der Waals surface area contributed by atoms with Crippen LogP contribution in [0.25, 0.3) is 0 Å². The van der Waals surface area contributed by atoms with Gasteiger partial charge >= 0.3 is 12.4 Å². The molecule has 0 aromatic heterocycles. The molecule has 1 atom stereocenters. The largest absolute Gasteiger partial charge is 0.504 e. The maximum absolute atomic E-state index is 13.2. The molecule has 3 nitrogen and oxygen atoms in total. The molecule has 0 radical (unpaired) electrons. The zero-order chi connectivity index (χ0) is 23.5. The van der Waals surface area contributed by atoms with E-state index in [-0.39, 0.29) is 12.6 Å². The van der Waals surface area contributed by atoms with Crippen LogP contribution in [0.15, 0.2) is 60.4 Å². The molecule has 1 saturated heterocycles. The zero-order valence-electron chi connectivity index (χ0n) is 17.1. The maximum atomic E-state index is 13.2. The average molecular weight is 457 g/mol. The van der Waals surface area contributed by atoms with Crippen LogP contribution in [-0.2, 0) is 23.5 Å². The zero-order valence-corrected chi connectivity index (χ0v) is 17.1. The van der Waals surface area contributed by atoms with Crippen molar-refractivity contribution in [2.45, 2.75) is 37.7 Å². The summed E-state index contributed by atoms with van der Waals surface area (Å²) in [5, 5.41) is 0. The summed E-state index contributed by atoms with van der Waals surface area (Å²) >= 11 is 0. The molecule has 0 spiro atoms. The van der Waals surface area contributed by atoms with Crippen LogP contribution in [0.4, 0.5) is 26.3 Å². The van der Waals surface area contributed by atoms with Crippen molar-refractivity contribution in [3.05, 3.63) is 82.6 Å². The van der Waals surface area contributed by atoms with E-state index in [4.69, 9.17) is 4.74 Å². The van der Waals surface area contributed by atoms with Gasteiger partial charge in [-0.15, -0.1) is 0 Å². The Morgan fingerprint density at radius 2 is 1.62 bits per heavy atom. The van der Waals surface area contributed by atoms with E-state index in [1.165, 1.54) is 12.0 Å². The first-order valence-electron chi connectivity index (χ1n) is 9.84. The predicted molar refractivity (Wildman–Crippen MR) is 106 cm³/mol. The highest BCUT2D eigenvalue weighted by molar-refractivity contribution is 5.95. The third-order valence-corrected chi connectivity index (χ3v) is 5.31. The number of alkyl halides is 6. The van der Waals surface area contributed by atoms with Gasteiger partial charge in [-0.3, -0.25) is 4.79 Å². The van der Waals surface area contributed by atoms with E-state index >= 15 is 0 Å². The van der Waals surface area contributed by atoms with E-state index in [0.717, 1.165) is 11.1 Å². The number of carbonyl (C=O) groups is 1. The summed E-state index contributed by atoms with van der Waals surface area (Å²) in [6.07, 6.45) is -7.26. The molecule has 0 bridgehead atoms. The van der Waals surface area contributed by atoms with E-state index in [9.17, 15) is 31.1 Å². The second-order valence-corrected chi connectivity index (χ2v) is 7.60. The van der Waals surface area contributed by atoms with Gasteiger partial charge in [-0.05, 0) is 48.6 Å². The standard InChI is InChI=1S/C23H21F6NO2/c1-32-14-16-7-8-30(20(10-16)9-15-5-3-2-4-6-15)21(31)17-11-18(22(24,25)26)13-19(12-17)23(27,28)29/h2-6,11-14,20H,7-10H2,1H3. The summed E-state index contributed by atoms with van der Waals surface area (Å²) in [4.78, 5) is 14.5. The third kappa shape index (κ3) is 5.63. The number of piperidine rings is 1. The van der Waals surface area contributed by atoms with Gasteiger partial charge in [0, 0.05) is 18.2 Å². The lowest BCUT2D eigenvalue weighted by atomic mass is 9.91. The van der Waals surface area contributed by atoms with E-state index in [0.29, 0.717) is 31.4 Å². The van der Waals surface area contributed by atoms with Crippen LogP contribution in [0, 0.1) is 0 Å². The Morgan fingerprint density at radius 1 is 1.03 bits per heavy atom. The van der Waals surface area contributed by atoms with E-state index in [1.807, 2.05) is 30.3 Å². The van der Waals surface area contributed by atoms with E-state index < -0.39 is 41.0 Å². The number of nitrogens with zero attached hydrogens (tertiary/aromatic N) is 1. The van der Waals surface area contributed by atoms with Crippen molar-refractivity contribution in [2.75, 3.05) is 13.7 Å². The summed E-state index contributed by atoms with van der Waals surface area (Å²) in [6, 6.07) is 9.71. The predicted octanol–water partition coefficient (Wildman–Crippen LogP) is 6.10. The van der Waals surface area contributed by atoms with Crippen LogP contribution in [0.5, 0.6) is 0 Å². The van der Waals surface area contributed by atoms with Gasteiger partial charge in [-0.25, -0.2) is 0 Å². The number of likely N-dealkylation sites (tertiary alicyclic amines) is 1. The molecule has 1 amide bonds. The lowest BCUT2D eigenvalue weighted by molar-refractivity contribution is -0.143. The summed E-state index contributed by atoms with van der Waals surface area (Å²) in [6.45, 7) is 0.156. The number of hydrogen-bond donors (Lipinski definition) is 0. The molecule has 0 saturated carbocycles. The number of amides is 1. The second-order valence-electron chi connectivity index (χ2n) is 7.60. The Balaban J connectivity index is 1.98. The first-order chi connectivity index (χ1) is 15.0. The molecule has 0 aliphatic carbocycles. The number of hydrogen-bond acceptors (Lipinski definition) is 2. The van der Waals surface area contributed by atoms with Crippen molar-refractivity contribution in [2.24, 2.45) is 0 Å². The minimum atomic E-state index is -5.02. The molecule has 1 aliphatic heterocycles. The second kappa shape index (κ2) is 9.26. The quantitative estimate of drug-likeness (QED) is 0.410. The Labute approximate surface area is 181 Å². The van der Waals surface area contributed by atoms with Crippen molar-refractivity contribution < 1.29 is 35.9 Å². The van der Waals surface area contributed by atoms with Crippen LogP contribution in [0.2, 0.25) is 0 Å². The molecule has 1 aliphatic rings. The molecule has 2 aromatic carbocycles. The molecule has 1 unspecified atom stereocenters. The molecule has 0 N–H and O–H groups in total. The number of halogens is 6. The molecule has 1 heterocycles. The van der Waals surface area contributed by atoms with Gasteiger partial charge in [0.1, 0.15) is 0 Å². The molecular weight excluding hydrogens is 436 g/mol. The summed E-state index contributed by atoms with van der Waals surface area (Å²) in [5.41, 5.74) is -1.84. The lowest BCUT2D eigenvalue weighted by Gasteiger charge is -2.37.